The first-order valence-corrected chi connectivity index (χ1v) is 11.2. The second-order valence-electron chi connectivity index (χ2n) is 7.95. The summed E-state index contributed by atoms with van der Waals surface area (Å²) in [6.07, 6.45) is 8.88. The minimum absolute atomic E-state index is 0.393. The zero-order valence-corrected chi connectivity index (χ0v) is 18.3. The van der Waals surface area contributed by atoms with Gasteiger partial charge >= 0.3 is 6.18 Å². The number of halogens is 3. The topological polar surface area (TPSA) is 36.7 Å². The van der Waals surface area contributed by atoms with Gasteiger partial charge in [0.2, 0.25) is 0 Å². The summed E-state index contributed by atoms with van der Waals surface area (Å²) < 4.78 is 38.0. The van der Waals surface area contributed by atoms with E-state index in [9.17, 15) is 13.2 Å². The molecule has 0 saturated carbocycles. The van der Waals surface area contributed by atoms with Crippen molar-refractivity contribution < 1.29 is 13.2 Å². The van der Waals surface area contributed by atoms with Crippen LogP contribution in [0.1, 0.15) is 93.1 Å². The minimum atomic E-state index is -4.36. The Kier molecular flexibility index (Phi) is 10.6. The van der Waals surface area contributed by atoms with Gasteiger partial charge in [0.1, 0.15) is 5.69 Å². The van der Waals surface area contributed by atoms with Gasteiger partial charge in [-0.2, -0.15) is 13.2 Å². The molecule has 0 fully saturated rings. The minimum Gasteiger partial charge on any atom is -0.249 e. The van der Waals surface area contributed by atoms with Crippen molar-refractivity contribution in [2.45, 2.75) is 83.4 Å². The zero-order valence-electron chi connectivity index (χ0n) is 18.3. The molecule has 0 aliphatic carbocycles. The van der Waals surface area contributed by atoms with E-state index < -0.39 is 17.8 Å². The maximum absolute atomic E-state index is 12.7. The van der Waals surface area contributed by atoms with E-state index in [1.54, 1.807) is 6.20 Å². The van der Waals surface area contributed by atoms with Crippen molar-refractivity contribution in [2.24, 2.45) is 0 Å². The smallest absolute Gasteiger partial charge is 0.249 e. The van der Waals surface area contributed by atoms with E-state index in [0.29, 0.717) is 17.7 Å². The van der Waals surface area contributed by atoms with Crippen LogP contribution in [0.4, 0.5) is 13.2 Å². The van der Waals surface area contributed by atoms with Crippen LogP contribution in [0.15, 0.2) is 42.6 Å². The highest BCUT2D eigenvalue weighted by Gasteiger charge is 2.30. The summed E-state index contributed by atoms with van der Waals surface area (Å²) in [6, 6.07) is 7.90. The number of aromatic nitrogens is 1. The Morgan fingerprint density at radius 1 is 0.903 bits per heavy atom. The van der Waals surface area contributed by atoms with Crippen molar-refractivity contribution in [3.05, 3.63) is 65.0 Å². The summed E-state index contributed by atoms with van der Waals surface area (Å²) in [6.45, 7) is 2.23. The second-order valence-corrected chi connectivity index (χ2v) is 7.95. The van der Waals surface area contributed by atoms with E-state index in [-0.39, 0.29) is 0 Å². The monoisotopic (exact) mass is 429 g/mol. The van der Waals surface area contributed by atoms with E-state index in [1.165, 1.54) is 57.1 Å². The zero-order chi connectivity index (χ0) is 22.5. The number of benzene rings is 1. The van der Waals surface area contributed by atoms with Crippen LogP contribution < -0.4 is 5.73 Å². The van der Waals surface area contributed by atoms with Gasteiger partial charge in [-0.3, -0.25) is 0 Å². The van der Waals surface area contributed by atoms with Crippen molar-refractivity contribution in [3.8, 4) is 11.8 Å². The second kappa shape index (κ2) is 13.2. The van der Waals surface area contributed by atoms with Gasteiger partial charge in [0, 0.05) is 12.6 Å². The molecule has 1 heterocycles. The van der Waals surface area contributed by atoms with E-state index in [2.05, 4.69) is 23.7 Å². The molecular formula is C26H32F3N2. The molecule has 167 valence electrons. The Labute approximate surface area is 184 Å². The molecule has 1 radical (unpaired) electrons. The molecular weight excluding hydrogens is 397 g/mol. The average molecular weight is 430 g/mol. The molecule has 1 N–H and O–H groups in total. The number of unbranched alkanes of at least 4 members (excludes halogenated alkanes) is 8. The van der Waals surface area contributed by atoms with Crippen LogP contribution in [0.25, 0.3) is 0 Å². The lowest BCUT2D eigenvalue weighted by atomic mass is 9.99. The Balaban J connectivity index is 1.73. The summed E-state index contributed by atoms with van der Waals surface area (Å²) in [4.78, 5) is 4.34. The molecule has 1 aromatic heterocycles. The van der Waals surface area contributed by atoms with Crippen molar-refractivity contribution in [3.63, 3.8) is 0 Å². The number of nitrogens with zero attached hydrogens (tertiary/aromatic N) is 1. The third kappa shape index (κ3) is 9.57. The molecule has 1 atom stereocenters. The first kappa shape index (κ1) is 24.9. The van der Waals surface area contributed by atoms with Crippen molar-refractivity contribution in [1.29, 1.82) is 0 Å². The van der Waals surface area contributed by atoms with Crippen LogP contribution in [0.2, 0.25) is 0 Å². The first-order chi connectivity index (χ1) is 14.9. The Morgan fingerprint density at radius 2 is 1.55 bits per heavy atom. The van der Waals surface area contributed by atoms with Gasteiger partial charge in [0.15, 0.2) is 0 Å². The highest BCUT2D eigenvalue weighted by Crippen LogP contribution is 2.30. The normalized spacial score (nSPS) is 12.3. The van der Waals surface area contributed by atoms with Crippen LogP contribution in [-0.4, -0.2) is 4.98 Å². The van der Waals surface area contributed by atoms with Crippen LogP contribution >= 0.6 is 0 Å². The SMILES string of the molecule is CCCCCCCCCCC#Cc1ccc(CC([NH])c2ccc(C(F)(F)F)cc2)cn1. The molecule has 0 spiro atoms. The lowest BCUT2D eigenvalue weighted by Gasteiger charge is -2.13. The van der Waals surface area contributed by atoms with Crippen LogP contribution in [0.5, 0.6) is 0 Å². The van der Waals surface area contributed by atoms with Gasteiger partial charge < -0.3 is 0 Å². The van der Waals surface area contributed by atoms with Crippen molar-refractivity contribution >= 4 is 0 Å². The molecule has 2 aromatic rings. The number of nitrogens with one attached hydrogen (secondary N) is 1. The molecule has 2 nitrogen and oxygen atoms in total. The Bertz CT molecular complexity index is 815. The number of alkyl halides is 3. The predicted molar refractivity (Wildman–Crippen MR) is 119 cm³/mol. The van der Waals surface area contributed by atoms with Gasteiger partial charge in [-0.05, 0) is 48.1 Å². The fourth-order valence-electron chi connectivity index (χ4n) is 3.38. The van der Waals surface area contributed by atoms with Crippen LogP contribution in [0, 0.1) is 11.8 Å². The molecule has 31 heavy (non-hydrogen) atoms. The van der Waals surface area contributed by atoms with Crippen molar-refractivity contribution in [2.75, 3.05) is 0 Å². The quantitative estimate of drug-likeness (QED) is 0.268. The Hall–Kier alpha value is -2.32. The van der Waals surface area contributed by atoms with Gasteiger partial charge in [0.05, 0.1) is 11.6 Å². The molecule has 0 saturated heterocycles. The molecule has 0 aliphatic rings. The first-order valence-electron chi connectivity index (χ1n) is 11.2. The summed E-state index contributed by atoms with van der Waals surface area (Å²) in [7, 11) is 0. The van der Waals surface area contributed by atoms with Gasteiger partial charge in [-0.25, -0.2) is 10.7 Å². The maximum atomic E-state index is 12.7. The summed E-state index contributed by atoms with van der Waals surface area (Å²) in [5, 5.41) is 0. The molecule has 2 rings (SSSR count). The van der Waals surface area contributed by atoms with E-state index in [4.69, 9.17) is 5.73 Å². The van der Waals surface area contributed by atoms with E-state index in [0.717, 1.165) is 30.5 Å². The number of hydrogen-bond donors (Lipinski definition) is 0. The molecule has 1 unspecified atom stereocenters. The largest absolute Gasteiger partial charge is 0.416 e. The lowest BCUT2D eigenvalue weighted by molar-refractivity contribution is -0.137. The van der Waals surface area contributed by atoms with Gasteiger partial charge in [-0.1, -0.05) is 76.0 Å². The fraction of sp³-hybridized carbons (Fsp3) is 0.500. The third-order valence-electron chi connectivity index (χ3n) is 5.28. The number of pyridine rings is 1. The third-order valence-corrected chi connectivity index (χ3v) is 5.28. The van der Waals surface area contributed by atoms with E-state index in [1.807, 2.05) is 12.1 Å². The van der Waals surface area contributed by atoms with Crippen LogP contribution in [0.3, 0.4) is 0 Å². The molecule has 5 heteroatoms. The highest BCUT2D eigenvalue weighted by molar-refractivity contribution is 5.31. The summed E-state index contributed by atoms with van der Waals surface area (Å²) in [5.74, 6) is 6.26. The summed E-state index contributed by atoms with van der Waals surface area (Å²) in [5.41, 5.74) is 9.67. The Morgan fingerprint density at radius 3 is 2.13 bits per heavy atom. The van der Waals surface area contributed by atoms with Gasteiger partial charge in [-0.15, -0.1) is 0 Å². The molecule has 0 aliphatic heterocycles. The highest BCUT2D eigenvalue weighted by atomic mass is 19.4. The fourth-order valence-corrected chi connectivity index (χ4v) is 3.38. The number of hydrogen-bond acceptors (Lipinski definition) is 1. The van der Waals surface area contributed by atoms with Gasteiger partial charge in [0.25, 0.3) is 0 Å². The maximum Gasteiger partial charge on any atom is 0.416 e. The van der Waals surface area contributed by atoms with Crippen LogP contribution in [-0.2, 0) is 12.6 Å². The molecule has 0 amide bonds. The van der Waals surface area contributed by atoms with E-state index >= 15 is 0 Å². The lowest BCUT2D eigenvalue weighted by Crippen LogP contribution is -2.07. The summed E-state index contributed by atoms with van der Waals surface area (Å²) >= 11 is 0. The average Bonchev–Trinajstić information content (AvgIpc) is 2.75. The van der Waals surface area contributed by atoms with Crippen molar-refractivity contribution in [1.82, 2.24) is 10.7 Å². The standard InChI is InChI=1S/C26H32F3N2/c1-2-3-4-5-6-7-8-9-10-11-12-24-18-13-21(20-31-24)19-25(30)22-14-16-23(17-15-22)26(27,28)29/h13-18,20,25,30H,2-10,19H2,1H3. The predicted octanol–water partition coefficient (Wildman–Crippen LogP) is 7.55. The number of rotatable bonds is 11. The molecule has 1 aromatic carbocycles. The molecule has 0 bridgehead atoms.